The van der Waals surface area contributed by atoms with Gasteiger partial charge in [-0.2, -0.15) is 0 Å². The minimum absolute atomic E-state index is 0.234. The summed E-state index contributed by atoms with van der Waals surface area (Å²) in [6.45, 7) is 7.31. The van der Waals surface area contributed by atoms with E-state index in [9.17, 15) is 4.79 Å². The smallest absolute Gasteiger partial charge is 0.262 e. The summed E-state index contributed by atoms with van der Waals surface area (Å²) in [5.41, 5.74) is 6.31. The molecular formula is C25H21Cl3N2O3. The van der Waals surface area contributed by atoms with Crippen LogP contribution in [-0.2, 0) is 4.79 Å². The summed E-state index contributed by atoms with van der Waals surface area (Å²) in [7, 11) is 0. The van der Waals surface area contributed by atoms with Crippen molar-refractivity contribution in [1.29, 1.82) is 0 Å². The average molecular weight is 504 g/mol. The van der Waals surface area contributed by atoms with E-state index < -0.39 is 0 Å². The molecule has 4 aromatic rings. The Morgan fingerprint density at radius 1 is 0.970 bits per heavy atom. The van der Waals surface area contributed by atoms with Gasteiger partial charge in [0.05, 0.1) is 10.0 Å². The topological polar surface area (TPSA) is 64.4 Å². The number of amides is 1. The molecule has 0 saturated carbocycles. The van der Waals surface area contributed by atoms with Gasteiger partial charge in [0.25, 0.3) is 5.91 Å². The fraction of sp³-hybridized carbons (Fsp3) is 0.200. The summed E-state index contributed by atoms with van der Waals surface area (Å²) >= 11 is 18.8. The van der Waals surface area contributed by atoms with Gasteiger partial charge in [-0.05, 0) is 68.7 Å². The minimum Gasteiger partial charge on any atom is -0.481 e. The first-order valence-corrected chi connectivity index (χ1v) is 11.3. The summed E-state index contributed by atoms with van der Waals surface area (Å²) in [5.74, 6) is 0.398. The Kier molecular flexibility index (Phi) is 6.57. The van der Waals surface area contributed by atoms with Crippen molar-refractivity contribution >= 4 is 57.5 Å². The van der Waals surface area contributed by atoms with E-state index in [4.69, 9.17) is 44.0 Å². The zero-order valence-electron chi connectivity index (χ0n) is 18.5. The second kappa shape index (κ2) is 9.26. The molecule has 0 spiro atoms. The molecule has 0 aliphatic carbocycles. The molecule has 0 radical (unpaired) electrons. The maximum absolute atomic E-state index is 12.5. The van der Waals surface area contributed by atoms with Gasteiger partial charge in [-0.25, -0.2) is 4.98 Å². The number of nitrogens with one attached hydrogen (secondary N) is 1. The molecule has 0 atom stereocenters. The number of rotatable bonds is 5. The zero-order valence-corrected chi connectivity index (χ0v) is 20.7. The monoisotopic (exact) mass is 502 g/mol. The molecule has 5 nitrogen and oxygen atoms in total. The van der Waals surface area contributed by atoms with Gasteiger partial charge in [0.2, 0.25) is 5.89 Å². The molecule has 0 aliphatic heterocycles. The number of hydrogen-bond donors (Lipinski definition) is 1. The Morgan fingerprint density at radius 3 is 2.33 bits per heavy atom. The van der Waals surface area contributed by atoms with Crippen molar-refractivity contribution < 1.29 is 13.9 Å². The number of nitrogens with zero attached hydrogens (tertiary/aromatic N) is 1. The highest BCUT2D eigenvalue weighted by Crippen LogP contribution is 2.42. The Labute approximate surface area is 206 Å². The highest BCUT2D eigenvalue weighted by molar-refractivity contribution is 6.42. The number of benzene rings is 3. The number of oxazole rings is 1. The number of halogens is 3. The van der Waals surface area contributed by atoms with Gasteiger partial charge in [-0.15, -0.1) is 0 Å². The molecule has 0 fully saturated rings. The van der Waals surface area contributed by atoms with Crippen LogP contribution in [0.2, 0.25) is 15.1 Å². The van der Waals surface area contributed by atoms with Crippen molar-refractivity contribution in [2.24, 2.45) is 0 Å². The van der Waals surface area contributed by atoms with Gasteiger partial charge in [0, 0.05) is 16.3 Å². The third-order valence-electron chi connectivity index (χ3n) is 5.35. The second-order valence-corrected chi connectivity index (χ2v) is 9.01. The molecule has 4 rings (SSSR count). The van der Waals surface area contributed by atoms with E-state index >= 15 is 0 Å². The van der Waals surface area contributed by atoms with Crippen molar-refractivity contribution in [2.45, 2.75) is 27.7 Å². The van der Waals surface area contributed by atoms with Crippen LogP contribution in [0.25, 0.3) is 22.6 Å². The number of aromatic nitrogens is 1. The number of carbonyl (C=O) groups excluding carboxylic acids is 1. The Bertz CT molecular complexity index is 1370. The third-order valence-corrected chi connectivity index (χ3v) is 6.82. The molecule has 170 valence electrons. The van der Waals surface area contributed by atoms with Crippen LogP contribution in [0, 0.1) is 27.7 Å². The Hall–Kier alpha value is -2.73. The first-order valence-electron chi connectivity index (χ1n) is 10.2. The molecule has 0 unspecified atom stereocenters. The second-order valence-electron chi connectivity index (χ2n) is 7.88. The molecule has 0 saturated heterocycles. The maximum atomic E-state index is 12.5. The molecule has 1 N–H and O–H groups in total. The molecule has 0 aliphatic rings. The lowest BCUT2D eigenvalue weighted by Crippen LogP contribution is -2.20. The fourth-order valence-corrected chi connectivity index (χ4v) is 4.37. The van der Waals surface area contributed by atoms with Gasteiger partial charge >= 0.3 is 0 Å². The summed E-state index contributed by atoms with van der Waals surface area (Å²) in [4.78, 5) is 17.1. The van der Waals surface area contributed by atoms with E-state index in [-0.39, 0.29) is 28.3 Å². The summed E-state index contributed by atoms with van der Waals surface area (Å²) in [5, 5.41) is 3.84. The van der Waals surface area contributed by atoms with Crippen LogP contribution in [-0.4, -0.2) is 17.5 Å². The highest BCUT2D eigenvalue weighted by atomic mass is 35.5. The highest BCUT2D eigenvalue weighted by Gasteiger charge is 2.19. The van der Waals surface area contributed by atoms with E-state index in [2.05, 4.69) is 16.4 Å². The first-order chi connectivity index (χ1) is 15.7. The Morgan fingerprint density at radius 2 is 1.67 bits per heavy atom. The van der Waals surface area contributed by atoms with E-state index in [1.165, 1.54) is 5.56 Å². The van der Waals surface area contributed by atoms with Crippen LogP contribution in [0.15, 0.2) is 40.8 Å². The van der Waals surface area contributed by atoms with E-state index in [1.54, 1.807) is 32.0 Å². The molecule has 1 amide bonds. The maximum Gasteiger partial charge on any atom is 0.262 e. The van der Waals surface area contributed by atoms with Gasteiger partial charge in [0.15, 0.2) is 17.9 Å². The van der Waals surface area contributed by atoms with Crippen LogP contribution in [0.3, 0.4) is 0 Å². The predicted molar refractivity (Wildman–Crippen MR) is 134 cm³/mol. The van der Waals surface area contributed by atoms with Crippen LogP contribution >= 0.6 is 34.8 Å². The summed E-state index contributed by atoms with van der Waals surface area (Å²) in [6.07, 6.45) is 0. The van der Waals surface area contributed by atoms with Crippen molar-refractivity contribution in [1.82, 2.24) is 4.98 Å². The molecular weight excluding hydrogens is 483 g/mol. The molecule has 1 aromatic heterocycles. The number of hydrogen-bond acceptors (Lipinski definition) is 4. The number of aryl methyl sites for hydroxylation is 2. The number of anilines is 1. The molecule has 33 heavy (non-hydrogen) atoms. The number of ether oxygens (including phenoxy) is 1. The molecule has 8 heteroatoms. The normalized spacial score (nSPS) is 11.1. The first kappa shape index (κ1) is 23.4. The van der Waals surface area contributed by atoms with E-state index in [0.717, 1.165) is 11.1 Å². The van der Waals surface area contributed by atoms with Gasteiger partial charge in [-0.1, -0.05) is 52.5 Å². The van der Waals surface area contributed by atoms with Gasteiger partial charge in [-0.3, -0.25) is 4.79 Å². The lowest BCUT2D eigenvalue weighted by Gasteiger charge is -2.15. The number of fused-ring (bicyclic) bond motifs is 1. The van der Waals surface area contributed by atoms with Crippen LogP contribution < -0.4 is 10.1 Å². The van der Waals surface area contributed by atoms with Crippen molar-refractivity contribution in [3.8, 4) is 17.2 Å². The lowest BCUT2D eigenvalue weighted by molar-refractivity contribution is -0.118. The van der Waals surface area contributed by atoms with E-state index in [1.807, 2.05) is 26.0 Å². The minimum atomic E-state index is -0.371. The fourth-order valence-electron chi connectivity index (χ4n) is 3.55. The largest absolute Gasteiger partial charge is 0.481 e. The van der Waals surface area contributed by atoms with Gasteiger partial charge in [0.1, 0.15) is 5.52 Å². The van der Waals surface area contributed by atoms with Crippen molar-refractivity contribution in [3.05, 3.63) is 73.7 Å². The van der Waals surface area contributed by atoms with Crippen LogP contribution in [0.1, 0.15) is 22.3 Å². The van der Waals surface area contributed by atoms with Crippen LogP contribution in [0.5, 0.6) is 5.75 Å². The predicted octanol–water partition coefficient (Wildman–Crippen LogP) is 7.71. The van der Waals surface area contributed by atoms with E-state index in [0.29, 0.717) is 38.8 Å². The average Bonchev–Trinajstić information content (AvgIpc) is 3.19. The lowest BCUT2D eigenvalue weighted by atomic mass is 10.1. The summed E-state index contributed by atoms with van der Waals surface area (Å²) < 4.78 is 11.5. The molecule has 1 heterocycles. The Balaban J connectivity index is 1.50. The standard InChI is InChI=1S/C25H21Cl3N2O3/c1-12-5-7-17(13(2)9-12)25-30-18-10-16(6-8-19(18)33-25)29-20(31)11-32-24-22(27)14(3)21(26)15(4)23(24)28/h5-10H,11H2,1-4H3,(H,29,31). The quantitative estimate of drug-likeness (QED) is 0.303. The SMILES string of the molecule is Cc1ccc(-c2nc3cc(NC(=O)COc4c(Cl)c(C)c(Cl)c(C)c4Cl)ccc3o2)c(C)c1. The van der Waals surface area contributed by atoms with Crippen molar-refractivity contribution in [3.63, 3.8) is 0 Å². The van der Waals surface area contributed by atoms with Crippen molar-refractivity contribution in [2.75, 3.05) is 11.9 Å². The summed E-state index contributed by atoms with van der Waals surface area (Å²) in [6, 6.07) is 11.4. The zero-order chi connectivity index (χ0) is 23.9. The van der Waals surface area contributed by atoms with Crippen LogP contribution in [0.4, 0.5) is 5.69 Å². The number of carbonyl (C=O) groups is 1. The molecule has 0 bridgehead atoms. The molecule has 3 aromatic carbocycles. The van der Waals surface area contributed by atoms with Gasteiger partial charge < -0.3 is 14.5 Å². The third kappa shape index (κ3) is 4.67.